The quantitative estimate of drug-likeness (QED) is 0.732. The minimum absolute atomic E-state index is 0.0528. The topological polar surface area (TPSA) is 123 Å². The molecule has 156 valence electrons. The zero-order valence-corrected chi connectivity index (χ0v) is 17.8. The van der Waals surface area contributed by atoms with Crippen LogP contribution in [0.1, 0.15) is 47.9 Å². The van der Waals surface area contributed by atoms with Crippen molar-refractivity contribution in [3.8, 4) is 6.07 Å². The van der Waals surface area contributed by atoms with E-state index in [9.17, 15) is 13.2 Å². The smallest absolute Gasteiger partial charge is 0.225 e. The summed E-state index contributed by atoms with van der Waals surface area (Å²) in [5.41, 5.74) is 3.59. The number of hydrogen-bond acceptors (Lipinski definition) is 6. The minimum atomic E-state index is -3.04. The number of rotatable bonds is 7. The third kappa shape index (κ3) is 4.85. The second-order valence-electron chi connectivity index (χ2n) is 7.50. The van der Waals surface area contributed by atoms with E-state index in [0.29, 0.717) is 31.6 Å². The van der Waals surface area contributed by atoms with Crippen molar-refractivity contribution < 1.29 is 13.2 Å². The van der Waals surface area contributed by atoms with Crippen molar-refractivity contribution in [2.24, 2.45) is 0 Å². The van der Waals surface area contributed by atoms with E-state index in [-0.39, 0.29) is 29.9 Å². The lowest BCUT2D eigenvalue weighted by Gasteiger charge is -2.14. The van der Waals surface area contributed by atoms with Crippen LogP contribution in [0.25, 0.3) is 0 Å². The summed E-state index contributed by atoms with van der Waals surface area (Å²) in [4.78, 5) is 12.6. The van der Waals surface area contributed by atoms with Gasteiger partial charge in [0, 0.05) is 18.2 Å². The number of aryl methyl sites for hydroxylation is 3. The van der Waals surface area contributed by atoms with Gasteiger partial charge in [-0.3, -0.25) is 9.48 Å². The van der Waals surface area contributed by atoms with Gasteiger partial charge in [0.2, 0.25) is 5.91 Å². The number of carbonyl (C=O) groups excluding carboxylic acids is 1. The van der Waals surface area contributed by atoms with Crippen LogP contribution in [0, 0.1) is 32.1 Å². The van der Waals surface area contributed by atoms with E-state index in [1.54, 1.807) is 10.7 Å². The first-order valence-corrected chi connectivity index (χ1v) is 11.5. The fourth-order valence-corrected chi connectivity index (χ4v) is 5.46. The molecule has 2 aromatic rings. The Morgan fingerprint density at radius 1 is 1.34 bits per heavy atom. The summed E-state index contributed by atoms with van der Waals surface area (Å²) in [6.45, 7) is 6.21. The molecule has 0 aliphatic carbocycles. The Labute approximate surface area is 170 Å². The van der Waals surface area contributed by atoms with Crippen LogP contribution >= 0.6 is 0 Å². The Morgan fingerprint density at radius 3 is 2.76 bits per heavy atom. The number of anilines is 1. The highest BCUT2D eigenvalue weighted by molar-refractivity contribution is 7.91. The highest BCUT2D eigenvalue weighted by Crippen LogP contribution is 2.27. The molecule has 3 rings (SSSR count). The maximum Gasteiger partial charge on any atom is 0.225 e. The van der Waals surface area contributed by atoms with E-state index in [0.717, 1.165) is 22.6 Å². The van der Waals surface area contributed by atoms with Crippen molar-refractivity contribution in [2.75, 3.05) is 16.8 Å². The second kappa shape index (κ2) is 8.37. The molecule has 1 fully saturated rings. The van der Waals surface area contributed by atoms with Gasteiger partial charge in [0.25, 0.3) is 0 Å². The zero-order chi connectivity index (χ0) is 21.2. The molecule has 1 saturated heterocycles. The third-order valence-corrected chi connectivity index (χ3v) is 7.00. The van der Waals surface area contributed by atoms with Gasteiger partial charge in [0.15, 0.2) is 9.84 Å². The molecule has 1 aliphatic heterocycles. The van der Waals surface area contributed by atoms with Crippen molar-refractivity contribution in [3.63, 3.8) is 0 Å². The van der Waals surface area contributed by atoms with Crippen LogP contribution in [0.3, 0.4) is 0 Å². The van der Waals surface area contributed by atoms with Gasteiger partial charge in [-0.1, -0.05) is 0 Å². The van der Waals surface area contributed by atoms with Gasteiger partial charge in [0.05, 0.1) is 48.0 Å². The second-order valence-corrected chi connectivity index (χ2v) is 9.73. The van der Waals surface area contributed by atoms with Crippen LogP contribution in [0.5, 0.6) is 0 Å². The number of nitriles is 1. The standard InChI is InChI=1S/C19H26N6O3S/c1-13-11-18(25(22-13)16-7-10-29(27,28)12-16)21-19(26)6-5-17-14(2)23-24(15(17)3)9-4-8-20/h11,16H,4-7,9-10,12H2,1-3H3,(H,21,26)/t16-/m1/s1. The number of hydrogen-bond donors (Lipinski definition) is 1. The van der Waals surface area contributed by atoms with Crippen LogP contribution in [-0.2, 0) is 27.6 Å². The monoisotopic (exact) mass is 418 g/mol. The summed E-state index contributed by atoms with van der Waals surface area (Å²) >= 11 is 0. The van der Waals surface area contributed by atoms with Gasteiger partial charge >= 0.3 is 0 Å². The van der Waals surface area contributed by atoms with Gasteiger partial charge in [0.1, 0.15) is 5.82 Å². The molecular formula is C19H26N6O3S. The van der Waals surface area contributed by atoms with Crippen molar-refractivity contribution >= 4 is 21.6 Å². The Kier molecular flexibility index (Phi) is 6.07. The predicted octanol–water partition coefficient (Wildman–Crippen LogP) is 1.85. The Hall–Kier alpha value is -2.67. The number of aromatic nitrogens is 4. The molecule has 0 radical (unpaired) electrons. The normalized spacial score (nSPS) is 17.9. The number of amides is 1. The molecule has 9 nitrogen and oxygen atoms in total. The molecule has 2 aromatic heterocycles. The number of carbonyl (C=O) groups is 1. The molecule has 29 heavy (non-hydrogen) atoms. The summed E-state index contributed by atoms with van der Waals surface area (Å²) in [6.07, 6.45) is 1.72. The largest absolute Gasteiger partial charge is 0.311 e. The molecule has 10 heteroatoms. The number of nitrogens with zero attached hydrogens (tertiary/aromatic N) is 5. The lowest BCUT2D eigenvalue weighted by Crippen LogP contribution is -2.20. The Morgan fingerprint density at radius 2 is 2.10 bits per heavy atom. The fourth-order valence-electron chi connectivity index (χ4n) is 3.77. The highest BCUT2D eigenvalue weighted by atomic mass is 32.2. The zero-order valence-electron chi connectivity index (χ0n) is 17.0. The number of sulfone groups is 1. The molecule has 1 N–H and O–H groups in total. The summed E-state index contributed by atoms with van der Waals surface area (Å²) in [5.74, 6) is 0.582. The minimum Gasteiger partial charge on any atom is -0.311 e. The first-order chi connectivity index (χ1) is 13.7. The van der Waals surface area contributed by atoms with Crippen LogP contribution in [0.2, 0.25) is 0 Å². The Balaban J connectivity index is 1.65. The van der Waals surface area contributed by atoms with Crippen LogP contribution in [-0.4, -0.2) is 45.4 Å². The average molecular weight is 419 g/mol. The van der Waals surface area contributed by atoms with E-state index in [2.05, 4.69) is 21.6 Å². The average Bonchev–Trinajstić information content (AvgIpc) is 3.27. The lowest BCUT2D eigenvalue weighted by molar-refractivity contribution is -0.116. The fraction of sp³-hybridized carbons (Fsp3) is 0.579. The highest BCUT2D eigenvalue weighted by Gasteiger charge is 2.31. The van der Waals surface area contributed by atoms with Crippen LogP contribution in [0.15, 0.2) is 6.07 Å². The maximum absolute atomic E-state index is 12.6. The summed E-state index contributed by atoms with van der Waals surface area (Å²) in [5, 5.41) is 20.5. The summed E-state index contributed by atoms with van der Waals surface area (Å²) in [6, 6.07) is 3.63. The molecule has 1 amide bonds. The molecule has 3 heterocycles. The van der Waals surface area contributed by atoms with E-state index < -0.39 is 9.84 Å². The van der Waals surface area contributed by atoms with Crippen molar-refractivity contribution in [2.45, 2.75) is 59.0 Å². The predicted molar refractivity (Wildman–Crippen MR) is 108 cm³/mol. The molecule has 1 atom stereocenters. The Bertz CT molecular complexity index is 1060. The summed E-state index contributed by atoms with van der Waals surface area (Å²) in [7, 11) is -3.04. The van der Waals surface area contributed by atoms with Crippen molar-refractivity contribution in [3.05, 3.63) is 28.7 Å². The van der Waals surface area contributed by atoms with Crippen molar-refractivity contribution in [1.82, 2.24) is 19.6 Å². The van der Waals surface area contributed by atoms with Crippen molar-refractivity contribution in [1.29, 1.82) is 5.26 Å². The van der Waals surface area contributed by atoms with Gasteiger partial charge in [-0.2, -0.15) is 15.5 Å². The third-order valence-electron chi connectivity index (χ3n) is 5.25. The molecular weight excluding hydrogens is 392 g/mol. The van der Waals surface area contributed by atoms with E-state index in [4.69, 9.17) is 5.26 Å². The van der Waals surface area contributed by atoms with Gasteiger partial charge in [-0.25, -0.2) is 13.1 Å². The van der Waals surface area contributed by atoms with E-state index in [1.165, 1.54) is 0 Å². The molecule has 0 unspecified atom stereocenters. The van der Waals surface area contributed by atoms with Gasteiger partial charge in [-0.05, 0) is 39.2 Å². The maximum atomic E-state index is 12.6. The lowest BCUT2D eigenvalue weighted by atomic mass is 10.1. The van der Waals surface area contributed by atoms with E-state index in [1.807, 2.05) is 25.5 Å². The molecule has 0 saturated carbocycles. The van der Waals surface area contributed by atoms with Gasteiger partial charge in [-0.15, -0.1) is 0 Å². The van der Waals surface area contributed by atoms with E-state index >= 15 is 0 Å². The molecule has 0 aromatic carbocycles. The van der Waals surface area contributed by atoms with Gasteiger partial charge < -0.3 is 5.32 Å². The molecule has 1 aliphatic rings. The van der Waals surface area contributed by atoms with Crippen LogP contribution in [0.4, 0.5) is 5.82 Å². The molecule has 0 bridgehead atoms. The molecule has 0 spiro atoms. The SMILES string of the molecule is Cc1cc(NC(=O)CCc2c(C)nn(CCC#N)c2C)n([C@@H]2CCS(=O)(=O)C2)n1. The van der Waals surface area contributed by atoms with Crippen LogP contribution < -0.4 is 5.32 Å². The summed E-state index contributed by atoms with van der Waals surface area (Å²) < 4.78 is 27.0. The first kappa shape index (κ1) is 21.0. The number of nitrogens with one attached hydrogen (secondary N) is 1. The first-order valence-electron chi connectivity index (χ1n) is 9.66.